The third-order valence-corrected chi connectivity index (χ3v) is 4.70. The Hall–Kier alpha value is -2.98. The summed E-state index contributed by atoms with van der Waals surface area (Å²) in [4.78, 5) is 35.5. The van der Waals surface area contributed by atoms with Gasteiger partial charge in [0.25, 0.3) is 11.8 Å². The number of imide groups is 1. The Morgan fingerprint density at radius 1 is 1.33 bits per heavy atom. The first kappa shape index (κ1) is 18.8. The number of nitrogens with one attached hydrogen (secondary N) is 2. The highest BCUT2D eigenvalue weighted by Crippen LogP contribution is 2.21. The first-order valence-corrected chi connectivity index (χ1v) is 8.96. The molecule has 9 nitrogen and oxygen atoms in total. The van der Waals surface area contributed by atoms with E-state index >= 15 is 0 Å². The summed E-state index contributed by atoms with van der Waals surface area (Å²) in [7, 11) is 1.57. The summed E-state index contributed by atoms with van der Waals surface area (Å²) in [5, 5.41) is 13.6. The van der Waals surface area contributed by atoms with Gasteiger partial charge in [-0.2, -0.15) is 0 Å². The van der Waals surface area contributed by atoms with Crippen molar-refractivity contribution in [1.29, 1.82) is 0 Å². The number of hydrogen-bond acceptors (Lipinski definition) is 7. The highest BCUT2D eigenvalue weighted by atomic mass is 32.2. The SMILES string of the molecule is C=CCn1c(COC)nnc1SCC(=O)Nc1ccc2c(c1)C(=O)NC2=O. The van der Waals surface area contributed by atoms with Gasteiger partial charge in [-0.05, 0) is 18.2 Å². The molecule has 3 rings (SSSR count). The number of carbonyl (C=O) groups excluding carboxylic acids is 3. The van der Waals surface area contributed by atoms with Crippen molar-refractivity contribution in [2.75, 3.05) is 18.2 Å². The van der Waals surface area contributed by atoms with Crippen molar-refractivity contribution in [3.05, 3.63) is 47.8 Å². The number of carbonyl (C=O) groups is 3. The van der Waals surface area contributed by atoms with E-state index in [9.17, 15) is 14.4 Å². The van der Waals surface area contributed by atoms with Crippen molar-refractivity contribution in [1.82, 2.24) is 20.1 Å². The smallest absolute Gasteiger partial charge is 0.259 e. The Balaban J connectivity index is 1.64. The van der Waals surface area contributed by atoms with E-state index in [-0.39, 0.29) is 17.2 Å². The average molecular weight is 387 g/mol. The largest absolute Gasteiger partial charge is 0.377 e. The monoisotopic (exact) mass is 387 g/mol. The molecule has 3 amide bonds. The van der Waals surface area contributed by atoms with E-state index in [1.807, 2.05) is 4.57 Å². The number of benzene rings is 1. The van der Waals surface area contributed by atoms with Gasteiger partial charge in [-0.25, -0.2) is 0 Å². The molecule has 10 heteroatoms. The van der Waals surface area contributed by atoms with Crippen LogP contribution >= 0.6 is 11.8 Å². The van der Waals surface area contributed by atoms with Gasteiger partial charge in [0.2, 0.25) is 5.91 Å². The van der Waals surface area contributed by atoms with Crippen LogP contribution in [0.3, 0.4) is 0 Å². The molecule has 0 radical (unpaired) electrons. The number of amides is 3. The molecule has 0 aliphatic carbocycles. The third kappa shape index (κ3) is 4.07. The predicted octanol–water partition coefficient (Wildman–Crippen LogP) is 1.22. The molecule has 140 valence electrons. The number of hydrogen-bond donors (Lipinski definition) is 2. The molecular formula is C17H17N5O4S. The summed E-state index contributed by atoms with van der Waals surface area (Å²) in [6.07, 6.45) is 1.71. The van der Waals surface area contributed by atoms with Crippen LogP contribution in [0, 0.1) is 0 Å². The van der Waals surface area contributed by atoms with Crippen LogP contribution in [0.15, 0.2) is 36.0 Å². The molecule has 0 unspecified atom stereocenters. The van der Waals surface area contributed by atoms with Gasteiger partial charge in [-0.3, -0.25) is 19.7 Å². The lowest BCUT2D eigenvalue weighted by Crippen LogP contribution is -2.19. The van der Waals surface area contributed by atoms with E-state index < -0.39 is 11.8 Å². The van der Waals surface area contributed by atoms with Crippen LogP contribution < -0.4 is 10.6 Å². The number of methoxy groups -OCH3 is 1. The summed E-state index contributed by atoms with van der Waals surface area (Å²) < 4.78 is 6.90. The number of anilines is 1. The lowest BCUT2D eigenvalue weighted by Gasteiger charge is -2.08. The Bertz CT molecular complexity index is 924. The molecule has 0 fully saturated rings. The molecule has 0 spiro atoms. The van der Waals surface area contributed by atoms with Gasteiger partial charge in [0.05, 0.1) is 16.9 Å². The second-order valence-corrected chi connectivity index (χ2v) is 6.55. The molecule has 2 N–H and O–H groups in total. The van der Waals surface area contributed by atoms with E-state index in [1.54, 1.807) is 19.3 Å². The van der Waals surface area contributed by atoms with E-state index in [2.05, 4.69) is 27.4 Å². The molecule has 2 heterocycles. The van der Waals surface area contributed by atoms with Crippen LogP contribution in [-0.4, -0.2) is 45.3 Å². The lowest BCUT2D eigenvalue weighted by molar-refractivity contribution is -0.113. The third-order valence-electron chi connectivity index (χ3n) is 3.73. The van der Waals surface area contributed by atoms with Crippen LogP contribution in [0.4, 0.5) is 5.69 Å². The number of aromatic nitrogens is 3. The van der Waals surface area contributed by atoms with E-state index in [0.717, 1.165) is 0 Å². The zero-order valence-electron chi connectivity index (χ0n) is 14.5. The molecule has 0 saturated carbocycles. The maximum absolute atomic E-state index is 12.2. The molecule has 1 aromatic carbocycles. The topological polar surface area (TPSA) is 115 Å². The molecular weight excluding hydrogens is 370 g/mol. The van der Waals surface area contributed by atoms with Gasteiger partial charge in [0.1, 0.15) is 6.61 Å². The lowest BCUT2D eigenvalue weighted by atomic mass is 10.1. The van der Waals surface area contributed by atoms with Crippen LogP contribution in [0.25, 0.3) is 0 Å². The van der Waals surface area contributed by atoms with E-state index in [4.69, 9.17) is 4.74 Å². The van der Waals surface area contributed by atoms with Crippen LogP contribution in [-0.2, 0) is 22.7 Å². The minimum atomic E-state index is -0.469. The van der Waals surface area contributed by atoms with Gasteiger partial charge >= 0.3 is 0 Å². The quantitative estimate of drug-likeness (QED) is 0.398. The van der Waals surface area contributed by atoms with Gasteiger partial charge in [0, 0.05) is 19.3 Å². The Morgan fingerprint density at radius 3 is 2.85 bits per heavy atom. The summed E-state index contributed by atoms with van der Waals surface area (Å²) >= 11 is 1.23. The molecule has 0 atom stereocenters. The molecule has 0 saturated heterocycles. The number of nitrogens with zero attached hydrogens (tertiary/aromatic N) is 3. The fourth-order valence-corrected chi connectivity index (χ4v) is 3.31. The molecule has 1 aliphatic rings. The van der Waals surface area contributed by atoms with Gasteiger partial charge in [-0.1, -0.05) is 17.8 Å². The Labute approximate surface area is 159 Å². The van der Waals surface area contributed by atoms with Crippen molar-refractivity contribution in [3.63, 3.8) is 0 Å². The van der Waals surface area contributed by atoms with Crippen LogP contribution in [0.5, 0.6) is 0 Å². The first-order chi connectivity index (χ1) is 13.0. The zero-order chi connectivity index (χ0) is 19.4. The van der Waals surface area contributed by atoms with Crippen LogP contribution in [0.1, 0.15) is 26.5 Å². The van der Waals surface area contributed by atoms with Gasteiger partial charge in [-0.15, -0.1) is 16.8 Å². The predicted molar refractivity (Wildman–Crippen MR) is 98.5 cm³/mol. The minimum absolute atomic E-state index is 0.102. The average Bonchev–Trinajstić information content (AvgIpc) is 3.15. The Morgan fingerprint density at radius 2 is 2.11 bits per heavy atom. The number of fused-ring (bicyclic) bond motifs is 1. The number of allylic oxidation sites excluding steroid dienone is 1. The van der Waals surface area contributed by atoms with Crippen molar-refractivity contribution in [3.8, 4) is 0 Å². The molecule has 2 aromatic rings. The van der Waals surface area contributed by atoms with Gasteiger partial charge in [0.15, 0.2) is 11.0 Å². The zero-order valence-corrected chi connectivity index (χ0v) is 15.3. The highest BCUT2D eigenvalue weighted by molar-refractivity contribution is 7.99. The maximum Gasteiger partial charge on any atom is 0.259 e. The molecule has 27 heavy (non-hydrogen) atoms. The van der Waals surface area contributed by atoms with Crippen molar-refractivity contribution in [2.45, 2.75) is 18.3 Å². The summed E-state index contributed by atoms with van der Waals surface area (Å²) in [5.41, 5.74) is 0.993. The second-order valence-electron chi connectivity index (χ2n) is 5.61. The Kier molecular flexibility index (Phi) is 5.67. The summed E-state index contributed by atoms with van der Waals surface area (Å²) in [6, 6.07) is 4.57. The minimum Gasteiger partial charge on any atom is -0.377 e. The normalized spacial score (nSPS) is 12.6. The maximum atomic E-state index is 12.2. The van der Waals surface area contributed by atoms with Crippen LogP contribution in [0.2, 0.25) is 0 Å². The first-order valence-electron chi connectivity index (χ1n) is 7.97. The highest BCUT2D eigenvalue weighted by Gasteiger charge is 2.26. The molecule has 0 bridgehead atoms. The summed E-state index contributed by atoms with van der Waals surface area (Å²) in [5.74, 6) is -0.425. The number of thioether (sulfide) groups is 1. The van der Waals surface area contributed by atoms with Crippen molar-refractivity contribution >= 4 is 35.2 Å². The van der Waals surface area contributed by atoms with Gasteiger partial charge < -0.3 is 14.6 Å². The molecule has 1 aliphatic heterocycles. The van der Waals surface area contributed by atoms with Crippen molar-refractivity contribution < 1.29 is 19.1 Å². The standard InChI is InChI=1S/C17H17N5O4S/c1-3-6-22-13(8-26-2)20-21-17(22)27-9-14(23)18-10-4-5-11-12(7-10)16(25)19-15(11)24/h3-5,7H,1,6,8-9H2,2H3,(H,18,23)(H,19,24,25). The summed E-state index contributed by atoms with van der Waals surface area (Å²) in [6.45, 7) is 4.52. The number of rotatable bonds is 8. The second kappa shape index (κ2) is 8.14. The number of ether oxygens (including phenoxy) is 1. The fourth-order valence-electron chi connectivity index (χ4n) is 2.55. The van der Waals surface area contributed by atoms with E-state index in [0.29, 0.717) is 35.4 Å². The fraction of sp³-hybridized carbons (Fsp3) is 0.235. The van der Waals surface area contributed by atoms with Crippen molar-refractivity contribution in [2.24, 2.45) is 0 Å². The molecule has 1 aromatic heterocycles. The van der Waals surface area contributed by atoms with E-state index in [1.165, 1.54) is 23.9 Å².